The summed E-state index contributed by atoms with van der Waals surface area (Å²) in [6.45, 7) is 1.94. The molecule has 5 nitrogen and oxygen atoms in total. The van der Waals surface area contributed by atoms with E-state index in [0.717, 1.165) is 22.5 Å². The number of nitriles is 1. The SMILES string of the molecule is Cc1nn(-c2ccccc2)c2c1C(Cc1ccccc1)C(C#N)=C(N)O2. The predicted octanol–water partition coefficient (Wildman–Crippen LogP) is 3.59. The maximum absolute atomic E-state index is 9.66. The molecule has 1 aliphatic heterocycles. The molecule has 2 heterocycles. The van der Waals surface area contributed by atoms with E-state index < -0.39 is 0 Å². The van der Waals surface area contributed by atoms with Crippen molar-refractivity contribution in [3.05, 3.63) is 88.9 Å². The molecule has 0 bridgehead atoms. The second-order valence-electron chi connectivity index (χ2n) is 6.29. The van der Waals surface area contributed by atoms with Crippen molar-refractivity contribution in [1.82, 2.24) is 9.78 Å². The summed E-state index contributed by atoms with van der Waals surface area (Å²) in [6.07, 6.45) is 0.669. The predicted molar refractivity (Wildman–Crippen MR) is 98.6 cm³/mol. The number of nitrogens with zero attached hydrogens (tertiary/aromatic N) is 3. The van der Waals surface area contributed by atoms with Crippen LogP contribution in [0.1, 0.15) is 22.7 Å². The zero-order valence-electron chi connectivity index (χ0n) is 14.4. The van der Waals surface area contributed by atoms with Crippen LogP contribution in [0.2, 0.25) is 0 Å². The molecule has 4 rings (SSSR count). The van der Waals surface area contributed by atoms with Crippen LogP contribution in [0.5, 0.6) is 5.88 Å². The van der Waals surface area contributed by atoms with Gasteiger partial charge >= 0.3 is 0 Å². The van der Waals surface area contributed by atoms with Crippen molar-refractivity contribution in [3.63, 3.8) is 0 Å². The zero-order chi connectivity index (χ0) is 18.1. The topological polar surface area (TPSA) is 76.9 Å². The monoisotopic (exact) mass is 342 g/mol. The van der Waals surface area contributed by atoms with Crippen molar-refractivity contribution in [2.24, 2.45) is 5.73 Å². The molecule has 128 valence electrons. The molecule has 0 radical (unpaired) electrons. The van der Waals surface area contributed by atoms with Gasteiger partial charge in [-0.05, 0) is 31.0 Å². The van der Waals surface area contributed by atoms with E-state index in [1.807, 2.05) is 55.5 Å². The van der Waals surface area contributed by atoms with E-state index in [1.54, 1.807) is 4.68 Å². The second kappa shape index (κ2) is 6.41. The Morgan fingerprint density at radius 2 is 1.77 bits per heavy atom. The zero-order valence-corrected chi connectivity index (χ0v) is 14.4. The van der Waals surface area contributed by atoms with Crippen LogP contribution in [0.25, 0.3) is 5.69 Å². The van der Waals surface area contributed by atoms with E-state index in [1.165, 1.54) is 0 Å². The summed E-state index contributed by atoms with van der Waals surface area (Å²) in [6, 6.07) is 22.1. The molecular formula is C21H18N4O. The highest BCUT2D eigenvalue weighted by molar-refractivity contribution is 5.52. The molecular weight excluding hydrogens is 324 g/mol. The smallest absolute Gasteiger partial charge is 0.228 e. The Morgan fingerprint density at radius 3 is 2.42 bits per heavy atom. The van der Waals surface area contributed by atoms with Gasteiger partial charge in [0.05, 0.1) is 17.0 Å². The van der Waals surface area contributed by atoms with E-state index in [2.05, 4.69) is 23.3 Å². The fourth-order valence-electron chi connectivity index (χ4n) is 3.42. The standard InChI is InChI=1S/C21H18N4O/c1-14-19-17(12-15-8-4-2-5-9-15)18(13-22)20(23)26-21(19)25(24-14)16-10-6-3-7-11-16/h2-11,17H,12,23H2,1H3. The number of nitrogens with two attached hydrogens (primary N) is 1. The van der Waals surface area contributed by atoms with E-state index in [9.17, 15) is 5.26 Å². The van der Waals surface area contributed by atoms with Crippen molar-refractivity contribution < 1.29 is 4.74 Å². The number of ether oxygens (including phenoxy) is 1. The highest BCUT2D eigenvalue weighted by Crippen LogP contribution is 2.42. The first-order valence-electron chi connectivity index (χ1n) is 8.45. The molecule has 1 aromatic heterocycles. The Bertz CT molecular complexity index is 1010. The Hall–Kier alpha value is -3.52. The van der Waals surface area contributed by atoms with Crippen LogP contribution in [0.4, 0.5) is 0 Å². The minimum atomic E-state index is -0.177. The first-order chi connectivity index (χ1) is 12.7. The number of rotatable bonds is 3. The molecule has 2 aromatic carbocycles. The summed E-state index contributed by atoms with van der Waals surface area (Å²) in [5.41, 5.74) is 10.3. The maximum atomic E-state index is 9.66. The molecule has 0 aliphatic carbocycles. The third-order valence-electron chi connectivity index (χ3n) is 4.64. The van der Waals surface area contributed by atoms with Gasteiger partial charge in [-0.25, -0.2) is 4.68 Å². The number of fused-ring (bicyclic) bond motifs is 1. The third kappa shape index (κ3) is 2.62. The van der Waals surface area contributed by atoms with Gasteiger partial charge in [-0.2, -0.15) is 10.4 Å². The van der Waals surface area contributed by atoms with Crippen molar-refractivity contribution in [2.45, 2.75) is 19.3 Å². The van der Waals surface area contributed by atoms with Crippen LogP contribution in [-0.2, 0) is 6.42 Å². The lowest BCUT2D eigenvalue weighted by atomic mass is 9.85. The van der Waals surface area contributed by atoms with Crippen molar-refractivity contribution in [1.29, 1.82) is 5.26 Å². The highest BCUT2D eigenvalue weighted by atomic mass is 16.5. The number of para-hydroxylation sites is 1. The van der Waals surface area contributed by atoms with Crippen LogP contribution in [-0.4, -0.2) is 9.78 Å². The van der Waals surface area contributed by atoms with Crippen LogP contribution in [0.3, 0.4) is 0 Å². The van der Waals surface area contributed by atoms with Gasteiger partial charge in [-0.1, -0.05) is 48.5 Å². The molecule has 0 saturated carbocycles. The molecule has 0 amide bonds. The van der Waals surface area contributed by atoms with Gasteiger partial charge in [0.2, 0.25) is 11.8 Å². The summed E-state index contributed by atoms with van der Waals surface area (Å²) in [7, 11) is 0. The number of hydrogen-bond acceptors (Lipinski definition) is 4. The molecule has 1 unspecified atom stereocenters. The van der Waals surface area contributed by atoms with Crippen LogP contribution < -0.4 is 10.5 Å². The minimum Gasteiger partial charge on any atom is -0.422 e. The van der Waals surface area contributed by atoms with Crippen molar-refractivity contribution >= 4 is 0 Å². The first-order valence-corrected chi connectivity index (χ1v) is 8.45. The van der Waals surface area contributed by atoms with Crippen LogP contribution >= 0.6 is 0 Å². The van der Waals surface area contributed by atoms with Crippen LogP contribution in [0.15, 0.2) is 72.1 Å². The lowest BCUT2D eigenvalue weighted by Crippen LogP contribution is -2.22. The molecule has 1 atom stereocenters. The van der Waals surface area contributed by atoms with E-state index in [-0.39, 0.29) is 11.8 Å². The van der Waals surface area contributed by atoms with Crippen molar-refractivity contribution in [2.75, 3.05) is 0 Å². The number of benzene rings is 2. The summed E-state index contributed by atoms with van der Waals surface area (Å²) in [5, 5.41) is 14.3. The third-order valence-corrected chi connectivity index (χ3v) is 4.64. The largest absolute Gasteiger partial charge is 0.422 e. The normalized spacial score (nSPS) is 15.9. The molecule has 0 fully saturated rings. The van der Waals surface area contributed by atoms with E-state index >= 15 is 0 Å². The van der Waals surface area contributed by atoms with Gasteiger partial charge in [0, 0.05) is 11.5 Å². The Labute approximate surface area is 151 Å². The molecule has 0 spiro atoms. The average molecular weight is 342 g/mol. The number of hydrogen-bond donors (Lipinski definition) is 1. The highest BCUT2D eigenvalue weighted by Gasteiger charge is 2.35. The molecule has 1 aliphatic rings. The number of aryl methyl sites for hydroxylation is 1. The van der Waals surface area contributed by atoms with Gasteiger partial charge in [0.25, 0.3) is 0 Å². The molecule has 5 heteroatoms. The van der Waals surface area contributed by atoms with Gasteiger partial charge in [0.1, 0.15) is 6.07 Å². The summed E-state index contributed by atoms with van der Waals surface area (Å²) < 4.78 is 7.60. The summed E-state index contributed by atoms with van der Waals surface area (Å²) in [4.78, 5) is 0. The van der Waals surface area contributed by atoms with Gasteiger partial charge < -0.3 is 10.5 Å². The molecule has 3 aromatic rings. The van der Waals surface area contributed by atoms with Gasteiger partial charge in [-0.15, -0.1) is 0 Å². The first kappa shape index (κ1) is 16.0. The Kier molecular flexibility index (Phi) is 3.94. The number of aromatic nitrogens is 2. The Morgan fingerprint density at radius 1 is 1.12 bits per heavy atom. The van der Waals surface area contributed by atoms with E-state index in [0.29, 0.717) is 17.9 Å². The fraction of sp³-hybridized carbons (Fsp3) is 0.143. The lowest BCUT2D eigenvalue weighted by molar-refractivity contribution is 0.362. The van der Waals surface area contributed by atoms with Crippen molar-refractivity contribution in [3.8, 4) is 17.6 Å². The van der Waals surface area contributed by atoms with Gasteiger partial charge in [0.15, 0.2) is 0 Å². The maximum Gasteiger partial charge on any atom is 0.228 e. The van der Waals surface area contributed by atoms with Crippen LogP contribution in [0, 0.1) is 18.3 Å². The van der Waals surface area contributed by atoms with Gasteiger partial charge in [-0.3, -0.25) is 0 Å². The molecule has 26 heavy (non-hydrogen) atoms. The molecule has 0 saturated heterocycles. The average Bonchev–Trinajstić information content (AvgIpc) is 2.99. The summed E-state index contributed by atoms with van der Waals surface area (Å²) >= 11 is 0. The number of allylic oxidation sites excluding steroid dienone is 1. The lowest BCUT2D eigenvalue weighted by Gasteiger charge is -2.24. The van der Waals surface area contributed by atoms with E-state index in [4.69, 9.17) is 10.5 Å². The molecule has 2 N–H and O–H groups in total. The second-order valence-corrected chi connectivity index (χ2v) is 6.29. The Balaban J connectivity index is 1.86. The fourth-order valence-corrected chi connectivity index (χ4v) is 3.42. The minimum absolute atomic E-state index is 0.151. The summed E-state index contributed by atoms with van der Waals surface area (Å²) in [5.74, 6) is 0.563. The quantitative estimate of drug-likeness (QED) is 0.789.